The van der Waals surface area contributed by atoms with Crippen molar-refractivity contribution in [1.82, 2.24) is 0 Å². The van der Waals surface area contributed by atoms with E-state index >= 15 is 0 Å². The van der Waals surface area contributed by atoms with Gasteiger partial charge in [0, 0.05) is 6.54 Å². The summed E-state index contributed by atoms with van der Waals surface area (Å²) in [5.41, 5.74) is 2.01. The van der Waals surface area contributed by atoms with Gasteiger partial charge in [-0.25, -0.2) is 13.2 Å². The summed E-state index contributed by atoms with van der Waals surface area (Å²) in [5, 5.41) is 0. The molecule has 90 valence electrons. The van der Waals surface area contributed by atoms with Gasteiger partial charge in [-0.3, -0.25) is 4.31 Å². The SMILES string of the molecule is CS(=O)(=O)N1CCCc2ccc(N=C=O)cc21. The van der Waals surface area contributed by atoms with Crippen molar-refractivity contribution in [2.75, 3.05) is 17.1 Å². The van der Waals surface area contributed by atoms with E-state index in [0.717, 1.165) is 18.4 Å². The second-order valence-corrected chi connectivity index (χ2v) is 5.86. The third-order valence-corrected chi connectivity index (χ3v) is 3.90. The number of hydrogen-bond donors (Lipinski definition) is 0. The van der Waals surface area contributed by atoms with Crippen LogP contribution in [0.2, 0.25) is 0 Å². The number of anilines is 1. The molecule has 2 rings (SSSR count). The highest BCUT2D eigenvalue weighted by atomic mass is 32.2. The zero-order chi connectivity index (χ0) is 12.5. The number of carbonyl (C=O) groups excluding carboxylic acids is 1. The molecule has 0 saturated carbocycles. The van der Waals surface area contributed by atoms with Gasteiger partial charge in [-0.1, -0.05) is 6.07 Å². The molecule has 0 unspecified atom stereocenters. The van der Waals surface area contributed by atoms with E-state index in [2.05, 4.69) is 4.99 Å². The zero-order valence-electron chi connectivity index (χ0n) is 9.38. The number of nitrogens with zero attached hydrogens (tertiary/aromatic N) is 2. The van der Waals surface area contributed by atoms with E-state index in [1.165, 1.54) is 16.6 Å². The van der Waals surface area contributed by atoms with Crippen molar-refractivity contribution in [2.45, 2.75) is 12.8 Å². The molecule has 5 nitrogen and oxygen atoms in total. The molecule has 1 aliphatic rings. The summed E-state index contributed by atoms with van der Waals surface area (Å²) in [6.07, 6.45) is 4.27. The standard InChI is InChI=1S/C11H12N2O3S/c1-17(15,16)13-6-2-3-9-4-5-10(12-8-14)7-11(9)13/h4-5,7H,2-3,6H2,1H3. The third kappa shape index (κ3) is 2.38. The van der Waals surface area contributed by atoms with Crippen molar-refractivity contribution in [3.05, 3.63) is 23.8 Å². The number of sulfonamides is 1. The van der Waals surface area contributed by atoms with E-state index in [4.69, 9.17) is 0 Å². The van der Waals surface area contributed by atoms with Crippen LogP contribution in [0.25, 0.3) is 0 Å². The van der Waals surface area contributed by atoms with Gasteiger partial charge in [0.2, 0.25) is 16.1 Å². The van der Waals surface area contributed by atoms with Crippen LogP contribution in [0.15, 0.2) is 23.2 Å². The minimum Gasteiger partial charge on any atom is -0.270 e. The molecule has 0 saturated heterocycles. The predicted molar refractivity (Wildman–Crippen MR) is 64.7 cm³/mol. The van der Waals surface area contributed by atoms with Gasteiger partial charge in [0.1, 0.15) is 0 Å². The lowest BCUT2D eigenvalue weighted by Gasteiger charge is -2.29. The van der Waals surface area contributed by atoms with Gasteiger partial charge < -0.3 is 0 Å². The van der Waals surface area contributed by atoms with Gasteiger partial charge in [-0.2, -0.15) is 4.99 Å². The Labute approximate surface area is 99.8 Å². The molecule has 1 aromatic carbocycles. The monoisotopic (exact) mass is 252 g/mol. The number of aliphatic imine (C=N–C) groups is 1. The maximum atomic E-state index is 11.6. The van der Waals surface area contributed by atoms with E-state index < -0.39 is 10.0 Å². The lowest BCUT2D eigenvalue weighted by Crippen LogP contribution is -2.34. The molecule has 1 aliphatic heterocycles. The Morgan fingerprint density at radius 1 is 1.41 bits per heavy atom. The van der Waals surface area contributed by atoms with Crippen molar-refractivity contribution >= 4 is 27.5 Å². The third-order valence-electron chi connectivity index (χ3n) is 2.72. The van der Waals surface area contributed by atoms with Crippen LogP contribution >= 0.6 is 0 Å². The molecule has 17 heavy (non-hydrogen) atoms. The lowest BCUT2D eigenvalue weighted by molar-refractivity contribution is 0.565. The summed E-state index contributed by atoms with van der Waals surface area (Å²) >= 11 is 0. The quantitative estimate of drug-likeness (QED) is 0.589. The number of fused-ring (bicyclic) bond motifs is 1. The molecular formula is C11H12N2O3S. The van der Waals surface area contributed by atoms with Crippen molar-refractivity contribution in [3.63, 3.8) is 0 Å². The molecule has 1 aromatic rings. The number of aryl methyl sites for hydroxylation is 1. The first kappa shape index (κ1) is 11.8. The van der Waals surface area contributed by atoms with Crippen molar-refractivity contribution in [1.29, 1.82) is 0 Å². The van der Waals surface area contributed by atoms with Crippen LogP contribution in [-0.4, -0.2) is 27.3 Å². The molecule has 0 spiro atoms. The van der Waals surface area contributed by atoms with Gasteiger partial charge in [0.25, 0.3) is 0 Å². The minimum atomic E-state index is -3.28. The molecule has 0 aliphatic carbocycles. The fourth-order valence-corrected chi connectivity index (χ4v) is 2.98. The van der Waals surface area contributed by atoms with Crippen LogP contribution in [0.3, 0.4) is 0 Å². The Bertz CT molecular complexity index is 589. The van der Waals surface area contributed by atoms with Crippen LogP contribution < -0.4 is 4.31 Å². The van der Waals surface area contributed by atoms with Crippen LogP contribution in [0.4, 0.5) is 11.4 Å². The number of rotatable bonds is 2. The minimum absolute atomic E-state index is 0.425. The summed E-state index contributed by atoms with van der Waals surface area (Å²) in [5.74, 6) is 0. The van der Waals surface area contributed by atoms with E-state index in [0.29, 0.717) is 17.9 Å². The van der Waals surface area contributed by atoms with E-state index in [-0.39, 0.29) is 0 Å². The second kappa shape index (κ2) is 4.31. The van der Waals surface area contributed by atoms with Gasteiger partial charge in [0.05, 0.1) is 17.6 Å². The highest BCUT2D eigenvalue weighted by molar-refractivity contribution is 7.92. The fraction of sp³-hybridized carbons (Fsp3) is 0.364. The van der Waals surface area contributed by atoms with Crippen LogP contribution in [0, 0.1) is 0 Å². The van der Waals surface area contributed by atoms with Gasteiger partial charge >= 0.3 is 0 Å². The zero-order valence-corrected chi connectivity index (χ0v) is 10.2. The Balaban J connectivity index is 2.55. The molecule has 0 amide bonds. The Morgan fingerprint density at radius 2 is 2.18 bits per heavy atom. The molecule has 0 N–H and O–H groups in total. The average molecular weight is 252 g/mol. The van der Waals surface area contributed by atoms with Crippen molar-refractivity contribution < 1.29 is 13.2 Å². The Morgan fingerprint density at radius 3 is 2.82 bits per heavy atom. The van der Waals surface area contributed by atoms with E-state index in [9.17, 15) is 13.2 Å². The van der Waals surface area contributed by atoms with Gasteiger partial charge in [0.15, 0.2) is 0 Å². The van der Waals surface area contributed by atoms with Crippen molar-refractivity contribution in [3.8, 4) is 0 Å². The van der Waals surface area contributed by atoms with E-state index in [1.54, 1.807) is 12.1 Å². The number of benzene rings is 1. The highest BCUT2D eigenvalue weighted by Gasteiger charge is 2.23. The molecule has 0 bridgehead atoms. The number of hydrogen-bond acceptors (Lipinski definition) is 4. The van der Waals surface area contributed by atoms with E-state index in [1.807, 2.05) is 6.07 Å². The van der Waals surface area contributed by atoms with Gasteiger partial charge in [-0.05, 0) is 30.5 Å². The second-order valence-electron chi connectivity index (χ2n) is 3.95. The molecule has 0 radical (unpaired) electrons. The first-order chi connectivity index (χ1) is 8.02. The maximum absolute atomic E-state index is 11.6. The molecule has 0 fully saturated rings. The van der Waals surface area contributed by atoms with Crippen LogP contribution in [-0.2, 0) is 21.2 Å². The summed E-state index contributed by atoms with van der Waals surface area (Å²) in [4.78, 5) is 13.7. The largest absolute Gasteiger partial charge is 0.270 e. The van der Waals surface area contributed by atoms with Gasteiger partial charge in [-0.15, -0.1) is 0 Å². The summed E-state index contributed by atoms with van der Waals surface area (Å²) < 4.78 is 24.6. The molecular weight excluding hydrogens is 240 g/mol. The molecule has 6 heteroatoms. The molecule has 1 heterocycles. The first-order valence-electron chi connectivity index (χ1n) is 5.21. The smallest absolute Gasteiger partial charge is 0.240 e. The molecule has 0 atom stereocenters. The summed E-state index contributed by atoms with van der Waals surface area (Å²) in [6.45, 7) is 0.472. The summed E-state index contributed by atoms with van der Waals surface area (Å²) in [6, 6.07) is 5.11. The van der Waals surface area contributed by atoms with Crippen LogP contribution in [0.1, 0.15) is 12.0 Å². The van der Waals surface area contributed by atoms with Crippen molar-refractivity contribution in [2.24, 2.45) is 4.99 Å². The topological polar surface area (TPSA) is 66.8 Å². The first-order valence-corrected chi connectivity index (χ1v) is 7.06. The fourth-order valence-electron chi connectivity index (χ4n) is 2.00. The lowest BCUT2D eigenvalue weighted by atomic mass is 10.0. The highest BCUT2D eigenvalue weighted by Crippen LogP contribution is 2.32. The summed E-state index contributed by atoms with van der Waals surface area (Å²) in [7, 11) is -3.28. The maximum Gasteiger partial charge on any atom is 0.240 e. The normalized spacial score (nSPS) is 15.0. The Kier molecular flexibility index (Phi) is 3.00. The predicted octanol–water partition coefficient (Wildman–Crippen LogP) is 1.37. The number of isocyanates is 1. The van der Waals surface area contributed by atoms with Crippen LogP contribution in [0.5, 0.6) is 0 Å². The molecule has 0 aromatic heterocycles. The average Bonchev–Trinajstić information content (AvgIpc) is 2.27. The Hall–Kier alpha value is -1.65.